The van der Waals surface area contributed by atoms with Gasteiger partial charge in [0.25, 0.3) is 0 Å². The Balaban J connectivity index is 1.22. The summed E-state index contributed by atoms with van der Waals surface area (Å²) in [5.74, 6) is 0.243. The summed E-state index contributed by atoms with van der Waals surface area (Å²) in [4.78, 5) is 27.0. The zero-order chi connectivity index (χ0) is 23.7. The van der Waals surface area contributed by atoms with Crippen LogP contribution in [0.2, 0.25) is 0 Å². The lowest BCUT2D eigenvalue weighted by atomic mass is 9.97. The second kappa shape index (κ2) is 8.88. The van der Waals surface area contributed by atoms with E-state index in [0.717, 1.165) is 5.56 Å². The fourth-order valence-corrected chi connectivity index (χ4v) is 5.63. The van der Waals surface area contributed by atoms with E-state index < -0.39 is 10.0 Å². The van der Waals surface area contributed by atoms with Crippen molar-refractivity contribution in [3.63, 3.8) is 0 Å². The van der Waals surface area contributed by atoms with Crippen molar-refractivity contribution >= 4 is 32.5 Å². The molecule has 2 N–H and O–H groups in total. The van der Waals surface area contributed by atoms with Gasteiger partial charge in [-0.05, 0) is 66.8 Å². The molecule has 9 nitrogen and oxygen atoms in total. The molecule has 2 aromatic carbocycles. The first-order valence-electron chi connectivity index (χ1n) is 10.9. The minimum Gasteiger partial charge on any atom is -0.356 e. The van der Waals surface area contributed by atoms with Crippen molar-refractivity contribution in [2.75, 3.05) is 18.4 Å². The van der Waals surface area contributed by atoms with Crippen LogP contribution < -0.4 is 10.9 Å². The maximum Gasteiger partial charge on any atom is 0.248 e. The summed E-state index contributed by atoms with van der Waals surface area (Å²) in [7, 11) is -3.70. The number of fused-ring (bicyclic) bond motifs is 1. The average Bonchev–Trinajstić information content (AvgIpc) is 3.39. The lowest BCUT2D eigenvalue weighted by molar-refractivity contribution is -0.120. The number of nitrogens with zero attached hydrogens (tertiary/aromatic N) is 2. The molecule has 0 saturated carbocycles. The Labute approximate surface area is 195 Å². The first kappa shape index (κ1) is 22.1. The molecule has 0 aliphatic carbocycles. The van der Waals surface area contributed by atoms with Gasteiger partial charge in [-0.3, -0.25) is 9.59 Å². The number of aromatic amines is 1. The van der Waals surface area contributed by atoms with Gasteiger partial charge < -0.3 is 14.8 Å². The maximum atomic E-state index is 13.1. The van der Waals surface area contributed by atoms with Gasteiger partial charge in [-0.1, -0.05) is 5.16 Å². The molecule has 1 aliphatic heterocycles. The predicted octanol–water partition coefficient (Wildman–Crippen LogP) is 3.22. The van der Waals surface area contributed by atoms with Crippen LogP contribution in [0.3, 0.4) is 0 Å². The zero-order valence-electron chi connectivity index (χ0n) is 18.1. The van der Waals surface area contributed by atoms with Crippen molar-refractivity contribution in [2.24, 2.45) is 5.92 Å². The van der Waals surface area contributed by atoms with Crippen molar-refractivity contribution in [3.05, 3.63) is 77.2 Å². The number of sulfonamides is 1. The number of piperidine rings is 1. The van der Waals surface area contributed by atoms with Gasteiger partial charge in [-0.15, -0.1) is 0 Å². The second-order valence-corrected chi connectivity index (χ2v) is 10.1. The number of amides is 1. The number of H-pyrrole nitrogens is 1. The van der Waals surface area contributed by atoms with E-state index in [0.29, 0.717) is 35.2 Å². The molecule has 174 valence electrons. The topological polar surface area (TPSA) is 125 Å². The fraction of sp³-hybridized carbons (Fsp3) is 0.208. The van der Waals surface area contributed by atoms with E-state index in [2.05, 4.69) is 15.5 Å². The van der Waals surface area contributed by atoms with E-state index >= 15 is 0 Å². The normalized spacial score (nSPS) is 15.4. The van der Waals surface area contributed by atoms with E-state index in [9.17, 15) is 18.0 Å². The Morgan fingerprint density at radius 1 is 1.03 bits per heavy atom. The van der Waals surface area contributed by atoms with E-state index in [1.807, 2.05) is 12.1 Å². The first-order chi connectivity index (χ1) is 16.4. The lowest BCUT2D eigenvalue weighted by Gasteiger charge is -2.30. The molecule has 10 heteroatoms. The third-order valence-electron chi connectivity index (χ3n) is 6.03. The van der Waals surface area contributed by atoms with Crippen LogP contribution in [-0.2, 0) is 14.8 Å². The third-order valence-corrected chi connectivity index (χ3v) is 7.93. The van der Waals surface area contributed by atoms with E-state index in [-0.39, 0.29) is 35.4 Å². The van der Waals surface area contributed by atoms with Crippen molar-refractivity contribution in [3.8, 4) is 11.3 Å². The highest BCUT2D eigenvalue weighted by molar-refractivity contribution is 7.89. The van der Waals surface area contributed by atoms with Crippen LogP contribution in [0, 0.1) is 5.92 Å². The lowest BCUT2D eigenvalue weighted by Crippen LogP contribution is -2.41. The second-order valence-electron chi connectivity index (χ2n) is 8.19. The summed E-state index contributed by atoms with van der Waals surface area (Å²) in [6.07, 6.45) is 2.43. The molecule has 0 radical (unpaired) electrons. The smallest absolute Gasteiger partial charge is 0.248 e. The van der Waals surface area contributed by atoms with Crippen LogP contribution in [-0.4, -0.2) is 41.9 Å². The molecule has 4 aromatic rings. The number of nitrogens with one attached hydrogen (secondary N) is 2. The van der Waals surface area contributed by atoms with Gasteiger partial charge in [0.15, 0.2) is 5.76 Å². The van der Waals surface area contributed by atoms with Crippen LogP contribution in [0.5, 0.6) is 0 Å². The summed E-state index contributed by atoms with van der Waals surface area (Å²) in [6.45, 7) is 0.517. The number of hydrogen-bond donors (Lipinski definition) is 2. The molecule has 0 atom stereocenters. The van der Waals surface area contributed by atoms with Gasteiger partial charge in [-0.25, -0.2) is 8.42 Å². The van der Waals surface area contributed by atoms with E-state index in [4.69, 9.17) is 4.52 Å². The number of benzene rings is 2. The molecule has 0 spiro atoms. The molecule has 3 heterocycles. The minimum atomic E-state index is -3.70. The van der Waals surface area contributed by atoms with Crippen LogP contribution in [0.15, 0.2) is 81.1 Å². The SMILES string of the molecule is O=C(Nc1ccc(-c2ccno2)cc1)C1CCN(S(=O)(=O)c2ccc3[nH]c(=O)ccc3c2)CC1. The predicted molar refractivity (Wildman–Crippen MR) is 127 cm³/mol. The Hall–Kier alpha value is -3.76. The van der Waals surface area contributed by atoms with Crippen LogP contribution >= 0.6 is 0 Å². The summed E-state index contributed by atoms with van der Waals surface area (Å²) in [5, 5.41) is 7.24. The highest BCUT2D eigenvalue weighted by Gasteiger charge is 2.32. The van der Waals surface area contributed by atoms with Crippen molar-refractivity contribution in [1.29, 1.82) is 0 Å². The van der Waals surface area contributed by atoms with E-state index in [1.54, 1.807) is 42.6 Å². The Morgan fingerprint density at radius 3 is 2.50 bits per heavy atom. The molecule has 34 heavy (non-hydrogen) atoms. The summed E-state index contributed by atoms with van der Waals surface area (Å²) in [6, 6.07) is 16.6. The third kappa shape index (κ3) is 4.37. The van der Waals surface area contributed by atoms with Crippen LogP contribution in [0.1, 0.15) is 12.8 Å². The standard InChI is InChI=1S/C24H22N4O5S/c29-23-8-3-18-15-20(6-7-21(18)27-23)34(31,32)28-13-10-17(11-14-28)24(30)26-19-4-1-16(2-5-19)22-9-12-25-33-22/h1-9,12,15,17H,10-11,13-14H2,(H,26,30)(H,27,29). The molecule has 1 fully saturated rings. The first-order valence-corrected chi connectivity index (χ1v) is 12.3. The summed E-state index contributed by atoms with van der Waals surface area (Å²) < 4.78 is 32.8. The fourth-order valence-electron chi connectivity index (χ4n) is 4.13. The molecule has 1 saturated heterocycles. The number of carbonyl (C=O) groups is 1. The van der Waals surface area contributed by atoms with Crippen LogP contribution in [0.4, 0.5) is 5.69 Å². The van der Waals surface area contributed by atoms with Gasteiger partial charge >= 0.3 is 0 Å². The Bertz CT molecular complexity index is 1490. The average molecular weight is 479 g/mol. The van der Waals surface area contributed by atoms with Crippen LogP contribution in [0.25, 0.3) is 22.2 Å². The summed E-state index contributed by atoms with van der Waals surface area (Å²) in [5.41, 5.74) is 1.86. The number of pyridine rings is 1. The molecule has 2 aromatic heterocycles. The van der Waals surface area contributed by atoms with Gasteiger partial charge in [0, 0.05) is 47.9 Å². The van der Waals surface area contributed by atoms with Crippen molar-refractivity contribution in [1.82, 2.24) is 14.4 Å². The zero-order valence-corrected chi connectivity index (χ0v) is 18.9. The quantitative estimate of drug-likeness (QED) is 0.454. The van der Waals surface area contributed by atoms with Crippen molar-refractivity contribution < 1.29 is 17.7 Å². The molecular formula is C24H22N4O5S. The van der Waals surface area contributed by atoms with Gasteiger partial charge in [0.2, 0.25) is 21.5 Å². The largest absolute Gasteiger partial charge is 0.356 e. The Morgan fingerprint density at radius 2 is 1.79 bits per heavy atom. The molecule has 5 rings (SSSR count). The number of carbonyl (C=O) groups excluding carboxylic acids is 1. The van der Waals surface area contributed by atoms with E-state index in [1.165, 1.54) is 16.4 Å². The maximum absolute atomic E-state index is 13.1. The summed E-state index contributed by atoms with van der Waals surface area (Å²) >= 11 is 0. The number of anilines is 1. The van der Waals surface area contributed by atoms with Gasteiger partial charge in [0.1, 0.15) is 0 Å². The highest BCUT2D eigenvalue weighted by Crippen LogP contribution is 2.27. The van der Waals surface area contributed by atoms with Crippen molar-refractivity contribution in [2.45, 2.75) is 17.7 Å². The monoisotopic (exact) mass is 478 g/mol. The molecule has 0 bridgehead atoms. The minimum absolute atomic E-state index is 0.126. The highest BCUT2D eigenvalue weighted by atomic mass is 32.2. The molecule has 1 aliphatic rings. The molecule has 1 amide bonds. The number of hydrogen-bond acceptors (Lipinski definition) is 6. The van der Waals surface area contributed by atoms with Gasteiger partial charge in [0.05, 0.1) is 11.1 Å². The number of aromatic nitrogens is 2. The Kier molecular flexibility index (Phi) is 5.76. The molecule has 0 unspecified atom stereocenters. The van der Waals surface area contributed by atoms with Gasteiger partial charge in [-0.2, -0.15) is 4.31 Å². The number of rotatable bonds is 5. The molecular weight excluding hydrogens is 456 g/mol.